The number of halogens is 1. The second-order valence-corrected chi connectivity index (χ2v) is 8.87. The Bertz CT molecular complexity index is 828. The van der Waals surface area contributed by atoms with Crippen molar-refractivity contribution in [3.8, 4) is 0 Å². The average molecular weight is 404 g/mol. The van der Waals surface area contributed by atoms with Gasteiger partial charge in [-0.25, -0.2) is 0 Å². The molecule has 2 atom stereocenters. The van der Waals surface area contributed by atoms with Crippen LogP contribution in [0.15, 0.2) is 28.7 Å². The Kier molecular flexibility index (Phi) is 5.95. The van der Waals surface area contributed by atoms with Crippen LogP contribution in [0.3, 0.4) is 0 Å². The molecule has 1 amide bonds. The maximum atomic E-state index is 12.9. The van der Waals surface area contributed by atoms with Crippen molar-refractivity contribution < 1.29 is 9.21 Å². The quantitative estimate of drug-likeness (QED) is 0.835. The summed E-state index contributed by atoms with van der Waals surface area (Å²) in [5, 5.41) is 4.83. The molecule has 2 aliphatic rings. The maximum absolute atomic E-state index is 12.9. The van der Waals surface area contributed by atoms with Crippen LogP contribution < -0.4 is 5.32 Å². The topological polar surface area (TPSA) is 48.7 Å². The van der Waals surface area contributed by atoms with Crippen LogP contribution in [0.4, 0.5) is 0 Å². The minimum atomic E-state index is -0.155. The number of rotatable bonds is 4. The summed E-state index contributed by atoms with van der Waals surface area (Å²) < 4.78 is 5.91. The van der Waals surface area contributed by atoms with Crippen molar-refractivity contribution in [1.29, 1.82) is 0 Å². The predicted octanol–water partition coefficient (Wildman–Crippen LogP) is 4.07. The lowest BCUT2D eigenvalue weighted by molar-refractivity contribution is -0.128. The van der Waals surface area contributed by atoms with Gasteiger partial charge in [0.1, 0.15) is 11.3 Å². The first-order valence-electron chi connectivity index (χ1n) is 10.4. The number of benzene rings is 1. The van der Waals surface area contributed by atoms with Gasteiger partial charge < -0.3 is 14.6 Å². The largest absolute Gasteiger partial charge is 0.459 e. The minimum Gasteiger partial charge on any atom is -0.459 e. The number of piperidine rings is 2. The number of nitrogens with zero attached hydrogens (tertiary/aromatic N) is 2. The molecule has 3 heterocycles. The first kappa shape index (κ1) is 19.7. The lowest BCUT2D eigenvalue weighted by atomic mass is 9.93. The van der Waals surface area contributed by atoms with Crippen molar-refractivity contribution in [3.63, 3.8) is 0 Å². The maximum Gasteiger partial charge on any atom is 0.224 e. The Morgan fingerprint density at radius 2 is 2.00 bits per heavy atom. The number of furan rings is 1. The van der Waals surface area contributed by atoms with Crippen LogP contribution in [0.1, 0.15) is 44.4 Å². The normalized spacial score (nSPS) is 23.8. The van der Waals surface area contributed by atoms with Gasteiger partial charge in [-0.15, -0.1) is 0 Å². The Morgan fingerprint density at radius 1 is 1.21 bits per heavy atom. The predicted molar refractivity (Wildman–Crippen MR) is 113 cm³/mol. The fourth-order valence-electron chi connectivity index (χ4n) is 4.56. The molecule has 152 valence electrons. The van der Waals surface area contributed by atoms with E-state index in [0.29, 0.717) is 11.1 Å². The van der Waals surface area contributed by atoms with Gasteiger partial charge in [-0.05, 0) is 83.6 Å². The molecule has 6 heteroatoms. The van der Waals surface area contributed by atoms with Crippen molar-refractivity contribution in [1.82, 2.24) is 15.1 Å². The molecule has 5 nitrogen and oxygen atoms in total. The first-order chi connectivity index (χ1) is 13.5. The van der Waals surface area contributed by atoms with E-state index in [0.717, 1.165) is 55.8 Å². The smallest absolute Gasteiger partial charge is 0.224 e. The van der Waals surface area contributed by atoms with Crippen LogP contribution in [0.5, 0.6) is 0 Å². The summed E-state index contributed by atoms with van der Waals surface area (Å²) >= 11 is 6.06. The van der Waals surface area contributed by atoms with Gasteiger partial charge in [-0.3, -0.25) is 9.69 Å². The molecule has 1 N–H and O–H groups in total. The minimum absolute atomic E-state index is 0.0645. The molecule has 0 spiro atoms. The Morgan fingerprint density at radius 3 is 2.79 bits per heavy atom. The third kappa shape index (κ3) is 4.37. The van der Waals surface area contributed by atoms with E-state index in [9.17, 15) is 4.79 Å². The van der Waals surface area contributed by atoms with Crippen LogP contribution >= 0.6 is 11.6 Å². The molecule has 1 aromatic carbocycles. The summed E-state index contributed by atoms with van der Waals surface area (Å²) in [6.45, 7) is 6.30. The van der Waals surface area contributed by atoms with E-state index >= 15 is 0 Å². The summed E-state index contributed by atoms with van der Waals surface area (Å²) in [6.07, 6.45) is 4.49. The second-order valence-electron chi connectivity index (χ2n) is 8.43. The van der Waals surface area contributed by atoms with E-state index in [1.54, 1.807) is 0 Å². The Hall–Kier alpha value is -1.56. The molecule has 2 saturated heterocycles. The highest BCUT2D eigenvalue weighted by Crippen LogP contribution is 2.28. The van der Waals surface area contributed by atoms with E-state index < -0.39 is 0 Å². The highest BCUT2D eigenvalue weighted by molar-refractivity contribution is 6.31. The summed E-state index contributed by atoms with van der Waals surface area (Å²) in [5.74, 6) is 0.979. The van der Waals surface area contributed by atoms with E-state index in [1.165, 1.54) is 12.8 Å². The van der Waals surface area contributed by atoms with Gasteiger partial charge in [0, 0.05) is 23.0 Å². The molecule has 1 aromatic heterocycles. The van der Waals surface area contributed by atoms with E-state index in [4.69, 9.17) is 16.0 Å². The molecule has 4 rings (SSSR count). The van der Waals surface area contributed by atoms with Crippen LogP contribution in [-0.2, 0) is 4.79 Å². The molecular weight excluding hydrogens is 374 g/mol. The lowest BCUT2D eigenvalue weighted by Gasteiger charge is -2.41. The second kappa shape index (κ2) is 8.44. The molecule has 0 saturated carbocycles. The zero-order valence-corrected chi connectivity index (χ0v) is 17.5. The Labute approximate surface area is 172 Å². The summed E-state index contributed by atoms with van der Waals surface area (Å²) in [6, 6.07) is 8.02. The van der Waals surface area contributed by atoms with Gasteiger partial charge in [0.25, 0.3) is 0 Å². The fraction of sp³-hybridized carbons (Fsp3) is 0.591. The number of carbonyl (C=O) groups is 1. The Balaban J connectivity index is 1.36. The molecule has 0 bridgehead atoms. The molecule has 0 unspecified atom stereocenters. The number of fused-ring (bicyclic) bond motifs is 1. The van der Waals surface area contributed by atoms with Crippen molar-refractivity contribution in [2.75, 3.05) is 33.2 Å². The standard InChI is InChI=1S/C22H30ClN3O2/c1-15(21-13-17-12-18(23)5-6-20(17)28-21)24-22(27)16-4-3-9-26(14-16)19-7-10-25(2)11-8-19/h5-6,12-13,15-16,19H,3-4,7-11,14H2,1-2H3,(H,24,27)/t15-,16+/m0/s1. The number of hydrogen-bond acceptors (Lipinski definition) is 4. The van der Waals surface area contributed by atoms with Gasteiger partial charge in [-0.1, -0.05) is 11.6 Å². The molecule has 2 fully saturated rings. The number of nitrogens with one attached hydrogen (secondary N) is 1. The molecule has 0 aliphatic carbocycles. The number of hydrogen-bond donors (Lipinski definition) is 1. The van der Waals surface area contributed by atoms with Crippen LogP contribution in [-0.4, -0.2) is 55.0 Å². The monoisotopic (exact) mass is 403 g/mol. The van der Waals surface area contributed by atoms with Crippen LogP contribution in [0, 0.1) is 5.92 Å². The number of likely N-dealkylation sites (tertiary alicyclic amines) is 2. The van der Waals surface area contributed by atoms with Gasteiger partial charge in [-0.2, -0.15) is 0 Å². The molecular formula is C22H30ClN3O2. The van der Waals surface area contributed by atoms with Gasteiger partial charge in [0.2, 0.25) is 5.91 Å². The number of carbonyl (C=O) groups excluding carboxylic acids is 1. The lowest BCUT2D eigenvalue weighted by Crippen LogP contribution is -2.50. The highest BCUT2D eigenvalue weighted by Gasteiger charge is 2.31. The zero-order chi connectivity index (χ0) is 19.7. The first-order valence-corrected chi connectivity index (χ1v) is 10.8. The van der Waals surface area contributed by atoms with Crippen LogP contribution in [0.25, 0.3) is 11.0 Å². The van der Waals surface area contributed by atoms with Crippen molar-refractivity contribution in [3.05, 3.63) is 35.0 Å². The molecule has 28 heavy (non-hydrogen) atoms. The number of amides is 1. The molecule has 2 aromatic rings. The fourth-order valence-corrected chi connectivity index (χ4v) is 4.74. The summed E-state index contributed by atoms with van der Waals surface area (Å²) in [4.78, 5) is 17.9. The van der Waals surface area contributed by atoms with Gasteiger partial charge in [0.15, 0.2) is 0 Å². The summed E-state index contributed by atoms with van der Waals surface area (Å²) in [7, 11) is 2.19. The van der Waals surface area contributed by atoms with E-state index in [2.05, 4.69) is 22.2 Å². The van der Waals surface area contributed by atoms with Crippen LogP contribution in [0.2, 0.25) is 5.02 Å². The SMILES string of the molecule is C[C@H](NC(=O)[C@@H]1CCCN(C2CCN(C)CC2)C1)c1cc2cc(Cl)ccc2o1. The van der Waals surface area contributed by atoms with Crippen molar-refractivity contribution in [2.45, 2.75) is 44.7 Å². The molecule has 2 aliphatic heterocycles. The summed E-state index contributed by atoms with van der Waals surface area (Å²) in [5.41, 5.74) is 0.798. The third-order valence-electron chi connectivity index (χ3n) is 6.31. The van der Waals surface area contributed by atoms with Gasteiger partial charge >= 0.3 is 0 Å². The van der Waals surface area contributed by atoms with E-state index in [1.807, 2.05) is 31.2 Å². The highest BCUT2D eigenvalue weighted by atomic mass is 35.5. The van der Waals surface area contributed by atoms with Crippen molar-refractivity contribution in [2.24, 2.45) is 5.92 Å². The van der Waals surface area contributed by atoms with Crippen molar-refractivity contribution >= 4 is 28.5 Å². The van der Waals surface area contributed by atoms with Gasteiger partial charge in [0.05, 0.1) is 12.0 Å². The average Bonchev–Trinajstić information content (AvgIpc) is 3.12. The molecule has 0 radical (unpaired) electrons. The third-order valence-corrected chi connectivity index (χ3v) is 6.55. The van der Waals surface area contributed by atoms with E-state index in [-0.39, 0.29) is 17.9 Å². The zero-order valence-electron chi connectivity index (χ0n) is 16.8.